The summed E-state index contributed by atoms with van der Waals surface area (Å²) < 4.78 is 9.10. The highest BCUT2D eigenvalue weighted by atomic mass is 16.3. The molecule has 0 radical (unpaired) electrons. The first kappa shape index (κ1) is 27.5. The molecule has 230 valence electrons. The second-order valence-electron chi connectivity index (χ2n) is 12.5. The Balaban J connectivity index is 1.39. The Bertz CT molecular complexity index is 2770. The van der Waals surface area contributed by atoms with Crippen molar-refractivity contribution in [2.45, 2.75) is 0 Å². The molecule has 0 aliphatic heterocycles. The SMILES string of the molecule is c1ccc(-c2c3c(cc4c2c2ccc(N(c5ccccc5)c5ccccc5)cc2n4-c2cccc4ccccc24)oc2ccccc23)cc1. The summed E-state index contributed by atoms with van der Waals surface area (Å²) in [5, 5.41) is 7.08. The van der Waals surface area contributed by atoms with Crippen LogP contribution in [-0.2, 0) is 0 Å². The lowest BCUT2D eigenvalue weighted by Gasteiger charge is -2.25. The van der Waals surface area contributed by atoms with Crippen LogP contribution < -0.4 is 4.90 Å². The molecule has 0 atom stereocenters. The monoisotopic (exact) mass is 626 g/mol. The Labute approximate surface area is 283 Å². The summed E-state index contributed by atoms with van der Waals surface area (Å²) in [6, 6.07) is 64.8. The van der Waals surface area contributed by atoms with E-state index in [1.165, 1.54) is 32.7 Å². The molecule has 0 fully saturated rings. The Hall–Kier alpha value is -6.58. The molecule has 3 heteroatoms. The molecule has 0 N–H and O–H groups in total. The van der Waals surface area contributed by atoms with Crippen LogP contribution in [0.5, 0.6) is 0 Å². The van der Waals surface area contributed by atoms with Gasteiger partial charge in [0.25, 0.3) is 0 Å². The average molecular weight is 627 g/mol. The fraction of sp³-hybridized carbons (Fsp3) is 0. The maximum Gasteiger partial charge on any atom is 0.138 e. The highest BCUT2D eigenvalue weighted by Crippen LogP contribution is 2.48. The number of para-hydroxylation sites is 3. The zero-order chi connectivity index (χ0) is 32.3. The van der Waals surface area contributed by atoms with Crippen molar-refractivity contribution in [3.63, 3.8) is 0 Å². The van der Waals surface area contributed by atoms with E-state index in [0.29, 0.717) is 0 Å². The highest BCUT2D eigenvalue weighted by Gasteiger charge is 2.24. The van der Waals surface area contributed by atoms with E-state index in [0.717, 1.165) is 55.7 Å². The molecule has 2 heterocycles. The van der Waals surface area contributed by atoms with Crippen molar-refractivity contribution in [3.05, 3.63) is 182 Å². The number of benzene rings is 8. The van der Waals surface area contributed by atoms with Crippen molar-refractivity contribution in [1.82, 2.24) is 4.57 Å². The predicted molar refractivity (Wildman–Crippen MR) is 206 cm³/mol. The molecule has 0 unspecified atom stereocenters. The molecule has 0 aliphatic carbocycles. The molecule has 0 saturated carbocycles. The molecule has 10 rings (SSSR count). The zero-order valence-electron chi connectivity index (χ0n) is 26.6. The van der Waals surface area contributed by atoms with E-state index in [1.54, 1.807) is 0 Å². The molecule has 0 aliphatic rings. The van der Waals surface area contributed by atoms with Gasteiger partial charge in [-0.1, -0.05) is 127 Å². The van der Waals surface area contributed by atoms with Gasteiger partial charge in [-0.3, -0.25) is 0 Å². The van der Waals surface area contributed by atoms with E-state index < -0.39 is 0 Å². The summed E-state index contributed by atoms with van der Waals surface area (Å²) in [6.45, 7) is 0. The maximum atomic E-state index is 6.65. The van der Waals surface area contributed by atoms with E-state index in [-0.39, 0.29) is 0 Å². The van der Waals surface area contributed by atoms with Crippen LogP contribution in [0.15, 0.2) is 186 Å². The van der Waals surface area contributed by atoms with Crippen LogP contribution in [0.2, 0.25) is 0 Å². The minimum absolute atomic E-state index is 0.882. The lowest BCUT2D eigenvalue weighted by atomic mass is 9.94. The number of rotatable bonds is 5. The third kappa shape index (κ3) is 4.29. The molecule has 0 saturated heterocycles. The Morgan fingerprint density at radius 3 is 1.80 bits per heavy atom. The summed E-state index contributed by atoms with van der Waals surface area (Å²) in [5.74, 6) is 0. The molecular formula is C46H30N2O. The fourth-order valence-electron chi connectivity index (χ4n) is 7.67. The topological polar surface area (TPSA) is 21.3 Å². The van der Waals surface area contributed by atoms with Crippen molar-refractivity contribution < 1.29 is 4.42 Å². The van der Waals surface area contributed by atoms with Gasteiger partial charge in [-0.25, -0.2) is 0 Å². The number of hydrogen-bond acceptors (Lipinski definition) is 2. The fourth-order valence-corrected chi connectivity index (χ4v) is 7.67. The summed E-state index contributed by atoms with van der Waals surface area (Å²) in [7, 11) is 0. The Morgan fingerprint density at radius 2 is 1.04 bits per heavy atom. The summed E-state index contributed by atoms with van der Waals surface area (Å²) >= 11 is 0. The van der Waals surface area contributed by atoms with Gasteiger partial charge in [0.1, 0.15) is 11.2 Å². The largest absolute Gasteiger partial charge is 0.456 e. The number of furan rings is 1. The van der Waals surface area contributed by atoms with Crippen LogP contribution >= 0.6 is 0 Å². The molecule has 0 amide bonds. The van der Waals surface area contributed by atoms with Gasteiger partial charge in [-0.2, -0.15) is 0 Å². The minimum Gasteiger partial charge on any atom is -0.456 e. The highest BCUT2D eigenvalue weighted by molar-refractivity contribution is 6.27. The lowest BCUT2D eigenvalue weighted by molar-refractivity contribution is 0.669. The molecule has 0 bridgehead atoms. The standard InChI is InChI=1S/C46H30N2O/c1-4-16-32(17-5-1)44-45-37-28-27-35(47(33-19-6-2-7-20-33)34-21-8-3-9-22-34)29-40(37)48(39-25-14-18-31-15-10-11-23-36(31)39)41(45)30-43-46(44)38-24-12-13-26-42(38)49-43/h1-30H. The first-order valence-corrected chi connectivity index (χ1v) is 16.7. The van der Waals surface area contributed by atoms with Crippen molar-refractivity contribution in [2.24, 2.45) is 0 Å². The number of fused-ring (bicyclic) bond motifs is 7. The number of anilines is 3. The van der Waals surface area contributed by atoms with Crippen LogP contribution in [0.1, 0.15) is 0 Å². The third-order valence-electron chi connectivity index (χ3n) is 9.74. The molecule has 3 nitrogen and oxygen atoms in total. The van der Waals surface area contributed by atoms with E-state index in [9.17, 15) is 0 Å². The normalized spacial score (nSPS) is 11.7. The van der Waals surface area contributed by atoms with Gasteiger partial charge in [0, 0.05) is 55.6 Å². The zero-order valence-corrected chi connectivity index (χ0v) is 26.6. The summed E-state index contributed by atoms with van der Waals surface area (Å²) in [4.78, 5) is 2.34. The quantitative estimate of drug-likeness (QED) is 0.190. The first-order valence-electron chi connectivity index (χ1n) is 16.7. The second-order valence-corrected chi connectivity index (χ2v) is 12.5. The van der Waals surface area contributed by atoms with Gasteiger partial charge in [0.2, 0.25) is 0 Å². The van der Waals surface area contributed by atoms with Crippen LogP contribution in [0.4, 0.5) is 17.1 Å². The van der Waals surface area contributed by atoms with Crippen molar-refractivity contribution >= 4 is 71.6 Å². The van der Waals surface area contributed by atoms with Gasteiger partial charge in [-0.05, 0) is 59.5 Å². The van der Waals surface area contributed by atoms with E-state index in [4.69, 9.17) is 4.42 Å². The van der Waals surface area contributed by atoms with Gasteiger partial charge < -0.3 is 13.9 Å². The summed E-state index contributed by atoms with van der Waals surface area (Å²) in [6.07, 6.45) is 0. The molecule has 2 aromatic heterocycles. The van der Waals surface area contributed by atoms with Crippen molar-refractivity contribution in [1.29, 1.82) is 0 Å². The Kier molecular flexibility index (Phi) is 6.18. The molecule has 10 aromatic rings. The smallest absolute Gasteiger partial charge is 0.138 e. The van der Waals surface area contributed by atoms with Gasteiger partial charge >= 0.3 is 0 Å². The number of nitrogens with zero attached hydrogens (tertiary/aromatic N) is 2. The first-order chi connectivity index (χ1) is 24.3. The van der Waals surface area contributed by atoms with Crippen LogP contribution in [0, 0.1) is 0 Å². The average Bonchev–Trinajstić information content (AvgIpc) is 3.70. The van der Waals surface area contributed by atoms with E-state index >= 15 is 0 Å². The van der Waals surface area contributed by atoms with Crippen LogP contribution in [-0.4, -0.2) is 4.57 Å². The van der Waals surface area contributed by atoms with Crippen molar-refractivity contribution in [2.75, 3.05) is 4.90 Å². The van der Waals surface area contributed by atoms with Crippen molar-refractivity contribution in [3.8, 4) is 16.8 Å². The molecule has 8 aromatic carbocycles. The minimum atomic E-state index is 0.882. The van der Waals surface area contributed by atoms with E-state index in [1.807, 2.05) is 6.07 Å². The lowest BCUT2D eigenvalue weighted by Crippen LogP contribution is -2.09. The second kappa shape index (κ2) is 11.0. The summed E-state index contributed by atoms with van der Waals surface area (Å²) in [5.41, 5.74) is 10.8. The number of hydrogen-bond donors (Lipinski definition) is 0. The Morgan fingerprint density at radius 1 is 0.408 bits per heavy atom. The third-order valence-corrected chi connectivity index (χ3v) is 9.74. The van der Waals surface area contributed by atoms with Crippen LogP contribution in [0.25, 0.3) is 71.3 Å². The predicted octanol–water partition coefficient (Wildman–Crippen LogP) is 13.0. The van der Waals surface area contributed by atoms with Gasteiger partial charge in [-0.15, -0.1) is 0 Å². The van der Waals surface area contributed by atoms with E-state index in [2.05, 4.69) is 185 Å². The molecule has 49 heavy (non-hydrogen) atoms. The van der Waals surface area contributed by atoms with Gasteiger partial charge in [0.15, 0.2) is 0 Å². The van der Waals surface area contributed by atoms with Gasteiger partial charge in [0.05, 0.1) is 16.7 Å². The maximum absolute atomic E-state index is 6.65. The molecular weight excluding hydrogens is 597 g/mol. The number of aromatic nitrogens is 1. The molecule has 0 spiro atoms. The van der Waals surface area contributed by atoms with Crippen LogP contribution in [0.3, 0.4) is 0 Å².